The summed E-state index contributed by atoms with van der Waals surface area (Å²) in [5.74, 6) is 0.362. The Hall–Kier alpha value is -1.09. The van der Waals surface area contributed by atoms with E-state index in [9.17, 15) is 9.90 Å². The lowest BCUT2D eigenvalue weighted by molar-refractivity contribution is -0.142. The predicted octanol–water partition coefficient (Wildman–Crippen LogP) is 2.99. The van der Waals surface area contributed by atoms with Crippen LogP contribution in [-0.4, -0.2) is 23.3 Å². The van der Waals surface area contributed by atoms with Gasteiger partial charge in [-0.1, -0.05) is 18.6 Å². The average molecular weight is 264 g/mol. The normalized spacial score (nSPS) is 40.2. The lowest BCUT2D eigenvalue weighted by atomic mass is 9.90. The van der Waals surface area contributed by atoms with Gasteiger partial charge in [-0.15, -0.1) is 0 Å². The smallest absolute Gasteiger partial charge is 0.330 e. The van der Waals surface area contributed by atoms with Crippen LogP contribution < -0.4 is 0 Å². The van der Waals surface area contributed by atoms with Gasteiger partial charge in [0.25, 0.3) is 0 Å². The van der Waals surface area contributed by atoms with Crippen LogP contribution in [-0.2, 0) is 9.53 Å². The van der Waals surface area contributed by atoms with Gasteiger partial charge in [-0.25, -0.2) is 4.79 Å². The summed E-state index contributed by atoms with van der Waals surface area (Å²) in [5, 5.41) is 10.2. The zero-order valence-electron chi connectivity index (χ0n) is 11.6. The van der Waals surface area contributed by atoms with Crippen molar-refractivity contribution in [3.05, 3.63) is 24.3 Å². The van der Waals surface area contributed by atoms with Crippen molar-refractivity contribution >= 4 is 5.97 Å². The van der Waals surface area contributed by atoms with Crippen LogP contribution in [0.4, 0.5) is 0 Å². The number of fused-ring (bicyclic) bond motifs is 1. The molecule has 0 aromatic carbocycles. The van der Waals surface area contributed by atoms with E-state index in [-0.39, 0.29) is 18.0 Å². The highest BCUT2D eigenvalue weighted by Gasteiger charge is 2.30. The van der Waals surface area contributed by atoms with Gasteiger partial charge in [0.2, 0.25) is 0 Å². The molecule has 4 atom stereocenters. The van der Waals surface area contributed by atoms with Crippen molar-refractivity contribution in [2.75, 3.05) is 0 Å². The van der Waals surface area contributed by atoms with Crippen LogP contribution >= 0.6 is 0 Å². The fourth-order valence-corrected chi connectivity index (χ4v) is 3.09. The van der Waals surface area contributed by atoms with Gasteiger partial charge in [0.15, 0.2) is 0 Å². The third-order valence-corrected chi connectivity index (χ3v) is 4.18. The van der Waals surface area contributed by atoms with E-state index in [2.05, 4.69) is 12.2 Å². The number of ether oxygens (including phenoxy) is 1. The number of cyclic esters (lactones) is 1. The van der Waals surface area contributed by atoms with Crippen LogP contribution in [0.3, 0.4) is 0 Å². The molecule has 0 saturated heterocycles. The standard InChI is InChI=1S/C16H24O3/c1-12-6-3-2-4-7-13-8-5-9-14(13)15(17)10-11-16(18)19-12/h4,7,10-15,17H,2-3,5-6,8-9H2,1H3/b7-4+,11-10+/t12-,13+,14+,15+/m0/s1. The van der Waals surface area contributed by atoms with Crippen LogP contribution in [0.25, 0.3) is 0 Å². The summed E-state index contributed by atoms with van der Waals surface area (Å²) in [6.45, 7) is 1.92. The summed E-state index contributed by atoms with van der Waals surface area (Å²) in [6.07, 6.45) is 13.2. The lowest BCUT2D eigenvalue weighted by Gasteiger charge is -2.20. The molecule has 0 unspecified atom stereocenters. The van der Waals surface area contributed by atoms with Gasteiger partial charge < -0.3 is 9.84 Å². The van der Waals surface area contributed by atoms with E-state index < -0.39 is 6.10 Å². The van der Waals surface area contributed by atoms with E-state index in [1.54, 1.807) is 6.08 Å². The number of carbonyl (C=O) groups excluding carboxylic acids is 1. The Bertz CT molecular complexity index is 359. The third-order valence-electron chi connectivity index (χ3n) is 4.18. The molecule has 19 heavy (non-hydrogen) atoms. The molecule has 0 spiro atoms. The van der Waals surface area contributed by atoms with Crippen LogP contribution in [0, 0.1) is 11.8 Å². The molecule has 1 fully saturated rings. The number of aliphatic hydroxyl groups is 1. The second-order valence-electron chi connectivity index (χ2n) is 5.71. The van der Waals surface area contributed by atoms with Crippen molar-refractivity contribution in [2.45, 2.75) is 57.7 Å². The molecule has 1 heterocycles. The number of aliphatic hydroxyl groups excluding tert-OH is 1. The molecule has 1 N–H and O–H groups in total. The maximum absolute atomic E-state index is 11.6. The first-order valence-corrected chi connectivity index (χ1v) is 7.40. The number of carbonyl (C=O) groups is 1. The summed E-state index contributed by atoms with van der Waals surface area (Å²) >= 11 is 0. The minimum Gasteiger partial charge on any atom is -0.460 e. The fraction of sp³-hybridized carbons (Fsp3) is 0.688. The van der Waals surface area contributed by atoms with Crippen LogP contribution in [0.2, 0.25) is 0 Å². The highest BCUT2D eigenvalue weighted by molar-refractivity contribution is 5.82. The maximum Gasteiger partial charge on any atom is 0.330 e. The second-order valence-corrected chi connectivity index (χ2v) is 5.71. The van der Waals surface area contributed by atoms with Crippen molar-refractivity contribution in [3.63, 3.8) is 0 Å². The molecule has 3 nitrogen and oxygen atoms in total. The van der Waals surface area contributed by atoms with Gasteiger partial charge >= 0.3 is 5.97 Å². The van der Waals surface area contributed by atoms with Gasteiger partial charge in [0.1, 0.15) is 0 Å². The molecule has 3 heteroatoms. The molecule has 106 valence electrons. The van der Waals surface area contributed by atoms with Crippen LogP contribution in [0.5, 0.6) is 0 Å². The second kappa shape index (κ2) is 6.90. The van der Waals surface area contributed by atoms with Crippen molar-refractivity contribution in [2.24, 2.45) is 11.8 Å². The van der Waals surface area contributed by atoms with Crippen LogP contribution in [0.15, 0.2) is 24.3 Å². The van der Waals surface area contributed by atoms with Gasteiger partial charge in [0.05, 0.1) is 12.2 Å². The molecule has 0 amide bonds. The quantitative estimate of drug-likeness (QED) is 0.540. The first-order chi connectivity index (χ1) is 9.16. The number of allylic oxidation sites excluding steroid dienone is 2. The number of esters is 1. The number of rotatable bonds is 0. The van der Waals surface area contributed by atoms with Crippen molar-refractivity contribution in [1.82, 2.24) is 0 Å². The highest BCUT2D eigenvalue weighted by Crippen LogP contribution is 2.35. The summed E-state index contributed by atoms with van der Waals surface area (Å²) in [4.78, 5) is 11.6. The maximum atomic E-state index is 11.6. The molecule has 1 aliphatic heterocycles. The average Bonchev–Trinajstić information content (AvgIpc) is 2.83. The molecule has 1 aliphatic carbocycles. The molecule has 2 rings (SSSR count). The van der Waals surface area contributed by atoms with Crippen molar-refractivity contribution in [1.29, 1.82) is 0 Å². The van der Waals surface area contributed by atoms with Gasteiger partial charge in [-0.05, 0) is 56.9 Å². The lowest BCUT2D eigenvalue weighted by Crippen LogP contribution is -2.21. The topological polar surface area (TPSA) is 46.5 Å². The summed E-state index contributed by atoms with van der Waals surface area (Å²) in [5.41, 5.74) is 0. The molecule has 0 radical (unpaired) electrons. The number of hydrogen-bond donors (Lipinski definition) is 1. The summed E-state index contributed by atoms with van der Waals surface area (Å²) in [6, 6.07) is 0. The molecular formula is C16H24O3. The minimum atomic E-state index is -0.541. The van der Waals surface area contributed by atoms with Crippen LogP contribution in [0.1, 0.15) is 45.4 Å². The molecule has 0 bridgehead atoms. The molecule has 0 aromatic heterocycles. The van der Waals surface area contributed by atoms with Crippen molar-refractivity contribution < 1.29 is 14.6 Å². The molecule has 0 aromatic rings. The van der Waals surface area contributed by atoms with Gasteiger partial charge in [-0.3, -0.25) is 0 Å². The van der Waals surface area contributed by atoms with E-state index in [1.165, 1.54) is 6.08 Å². The first-order valence-electron chi connectivity index (χ1n) is 7.40. The van der Waals surface area contributed by atoms with Gasteiger partial charge in [-0.2, -0.15) is 0 Å². The summed E-state index contributed by atoms with van der Waals surface area (Å²) in [7, 11) is 0. The predicted molar refractivity (Wildman–Crippen MR) is 74.5 cm³/mol. The Kier molecular flexibility index (Phi) is 5.20. The Labute approximate surface area is 115 Å². The van der Waals surface area contributed by atoms with Gasteiger partial charge in [0, 0.05) is 6.08 Å². The summed E-state index contributed by atoms with van der Waals surface area (Å²) < 4.78 is 5.26. The Morgan fingerprint density at radius 1 is 1.21 bits per heavy atom. The van der Waals surface area contributed by atoms with E-state index in [4.69, 9.17) is 4.74 Å². The van der Waals surface area contributed by atoms with E-state index >= 15 is 0 Å². The largest absolute Gasteiger partial charge is 0.460 e. The van der Waals surface area contributed by atoms with E-state index in [1.807, 2.05) is 6.92 Å². The highest BCUT2D eigenvalue weighted by atomic mass is 16.5. The fourth-order valence-electron chi connectivity index (χ4n) is 3.09. The van der Waals surface area contributed by atoms with E-state index in [0.29, 0.717) is 5.92 Å². The Balaban J connectivity index is 2.08. The molecule has 2 aliphatic rings. The van der Waals surface area contributed by atoms with Crippen molar-refractivity contribution in [3.8, 4) is 0 Å². The Morgan fingerprint density at radius 2 is 2.05 bits per heavy atom. The van der Waals surface area contributed by atoms with E-state index in [0.717, 1.165) is 38.5 Å². The SMILES string of the molecule is C[C@H]1CCC/C=C/[C@@H]2CCC[C@H]2[C@H](O)/C=C/C(=O)O1. The monoisotopic (exact) mass is 264 g/mol. The zero-order valence-corrected chi connectivity index (χ0v) is 11.6. The molecule has 1 saturated carbocycles. The molecular weight excluding hydrogens is 240 g/mol. The minimum absolute atomic E-state index is 0.0528. The number of hydrogen-bond acceptors (Lipinski definition) is 3. The Morgan fingerprint density at radius 3 is 2.89 bits per heavy atom. The third kappa shape index (κ3) is 4.20. The zero-order chi connectivity index (χ0) is 13.7. The first kappa shape index (κ1) is 14.3.